The fraction of sp³-hybridized carbons (Fsp3) is 0.588. The molecule has 0 saturated carbocycles. The summed E-state index contributed by atoms with van der Waals surface area (Å²) in [5.41, 5.74) is -0.293. The quantitative estimate of drug-likeness (QED) is 0.871. The molecule has 0 aliphatic heterocycles. The molecule has 2 N–H and O–H groups in total. The first-order valence-electron chi connectivity index (χ1n) is 8.10. The van der Waals surface area contributed by atoms with E-state index in [1.54, 1.807) is 25.5 Å². The predicted molar refractivity (Wildman–Crippen MR) is 99.1 cm³/mol. The van der Waals surface area contributed by atoms with Crippen LogP contribution in [0.2, 0.25) is 0 Å². The Hall–Kier alpha value is -2.09. The van der Waals surface area contributed by atoms with Gasteiger partial charge in [0.25, 0.3) is 5.91 Å². The first-order chi connectivity index (χ1) is 11.4. The number of carbonyl (C=O) groups is 2. The number of rotatable bonds is 4. The molecule has 8 heteroatoms. The Labute approximate surface area is 151 Å². The number of thiophene rings is 1. The molecular weight excluding hydrogens is 340 g/mol. The molecule has 0 saturated heterocycles. The van der Waals surface area contributed by atoms with Crippen molar-refractivity contribution in [3.63, 3.8) is 0 Å². The molecule has 0 aromatic carbocycles. The van der Waals surface area contributed by atoms with Crippen LogP contribution in [0.25, 0.3) is 10.2 Å². The summed E-state index contributed by atoms with van der Waals surface area (Å²) in [6.45, 7) is 11.3. The first-order valence-corrected chi connectivity index (χ1v) is 8.92. The number of amides is 2. The van der Waals surface area contributed by atoms with Gasteiger partial charge >= 0.3 is 6.09 Å². The van der Waals surface area contributed by atoms with Crippen molar-refractivity contribution in [2.24, 2.45) is 7.05 Å². The molecule has 2 amide bonds. The molecule has 138 valence electrons. The van der Waals surface area contributed by atoms with Gasteiger partial charge in [0.05, 0.1) is 16.1 Å². The monoisotopic (exact) mass is 366 g/mol. The third-order valence-electron chi connectivity index (χ3n) is 3.45. The molecule has 2 heterocycles. The summed E-state index contributed by atoms with van der Waals surface area (Å²) in [6, 6.07) is 1.85. The molecule has 25 heavy (non-hydrogen) atoms. The highest BCUT2D eigenvalue weighted by Crippen LogP contribution is 2.27. The molecule has 0 spiro atoms. The van der Waals surface area contributed by atoms with E-state index in [0.29, 0.717) is 4.88 Å². The fourth-order valence-corrected chi connectivity index (χ4v) is 3.37. The highest BCUT2D eigenvalue weighted by atomic mass is 32.1. The van der Waals surface area contributed by atoms with Crippen LogP contribution in [0.4, 0.5) is 4.79 Å². The van der Waals surface area contributed by atoms with Crippen molar-refractivity contribution < 1.29 is 14.3 Å². The summed E-state index contributed by atoms with van der Waals surface area (Å²) >= 11 is 1.40. The number of hydrogen-bond acceptors (Lipinski definition) is 5. The Bertz CT molecular complexity index is 764. The molecule has 0 radical (unpaired) electrons. The van der Waals surface area contributed by atoms with Crippen LogP contribution >= 0.6 is 11.3 Å². The van der Waals surface area contributed by atoms with E-state index < -0.39 is 17.2 Å². The first kappa shape index (κ1) is 19.2. The van der Waals surface area contributed by atoms with E-state index in [1.807, 2.05) is 33.9 Å². The minimum Gasteiger partial charge on any atom is -0.444 e. The Morgan fingerprint density at radius 3 is 2.48 bits per heavy atom. The van der Waals surface area contributed by atoms with Crippen molar-refractivity contribution >= 4 is 33.6 Å². The van der Waals surface area contributed by atoms with Crippen molar-refractivity contribution in [2.75, 3.05) is 6.54 Å². The number of ether oxygens (including phenoxy) is 1. The van der Waals surface area contributed by atoms with Gasteiger partial charge < -0.3 is 15.4 Å². The van der Waals surface area contributed by atoms with Crippen molar-refractivity contribution in [1.29, 1.82) is 0 Å². The summed E-state index contributed by atoms with van der Waals surface area (Å²) in [5.74, 6) is -0.167. The minimum absolute atomic E-state index is 0.167. The standard InChI is InChI=1S/C17H26N4O3S/c1-10-11-8-12(25-14(11)21(7)20-10)13(22)18-9-17(5,6)19-15(23)24-16(2,3)4/h8H,9H2,1-7H3,(H,18,22)(H,19,23). The second-order valence-corrected chi connectivity index (χ2v) is 8.76. The number of carbonyl (C=O) groups excluding carboxylic acids is 2. The number of alkyl carbamates (subject to hydrolysis) is 1. The van der Waals surface area contributed by atoms with E-state index in [1.165, 1.54) is 11.3 Å². The van der Waals surface area contributed by atoms with Crippen LogP contribution in [-0.2, 0) is 11.8 Å². The lowest BCUT2D eigenvalue weighted by Gasteiger charge is -2.28. The normalized spacial score (nSPS) is 12.3. The largest absolute Gasteiger partial charge is 0.444 e. The number of nitrogens with one attached hydrogen (secondary N) is 2. The predicted octanol–water partition coefficient (Wildman–Crippen LogP) is 2.98. The smallest absolute Gasteiger partial charge is 0.408 e. The average Bonchev–Trinajstić information content (AvgIpc) is 2.96. The highest BCUT2D eigenvalue weighted by Gasteiger charge is 2.25. The van der Waals surface area contributed by atoms with Crippen LogP contribution < -0.4 is 10.6 Å². The lowest BCUT2D eigenvalue weighted by Crippen LogP contribution is -2.52. The SMILES string of the molecule is Cc1nn(C)c2sc(C(=O)NCC(C)(C)NC(=O)OC(C)(C)C)cc12. The van der Waals surface area contributed by atoms with E-state index in [-0.39, 0.29) is 12.5 Å². The van der Waals surface area contributed by atoms with Crippen molar-refractivity contribution in [3.05, 3.63) is 16.6 Å². The van der Waals surface area contributed by atoms with Gasteiger partial charge in [-0.15, -0.1) is 11.3 Å². The zero-order valence-electron chi connectivity index (χ0n) is 15.8. The average molecular weight is 366 g/mol. The molecule has 2 aromatic rings. The lowest BCUT2D eigenvalue weighted by atomic mass is 10.1. The minimum atomic E-state index is -0.633. The number of fused-ring (bicyclic) bond motifs is 1. The Balaban J connectivity index is 1.97. The number of hydrogen-bond donors (Lipinski definition) is 2. The van der Waals surface area contributed by atoms with Crippen molar-refractivity contribution in [2.45, 2.75) is 52.7 Å². The van der Waals surface area contributed by atoms with Crippen LogP contribution in [0.1, 0.15) is 50.0 Å². The zero-order valence-corrected chi connectivity index (χ0v) is 16.6. The van der Waals surface area contributed by atoms with E-state index in [0.717, 1.165) is 15.9 Å². The van der Waals surface area contributed by atoms with Gasteiger partial charge in [-0.25, -0.2) is 4.79 Å². The molecular formula is C17H26N4O3S. The van der Waals surface area contributed by atoms with Crippen molar-refractivity contribution in [1.82, 2.24) is 20.4 Å². The van der Waals surface area contributed by atoms with Crippen LogP contribution in [0.15, 0.2) is 6.07 Å². The summed E-state index contributed by atoms with van der Waals surface area (Å²) in [5, 5.41) is 11.0. The molecule has 7 nitrogen and oxygen atoms in total. The molecule has 0 aliphatic rings. The third-order valence-corrected chi connectivity index (χ3v) is 4.65. The molecule has 0 atom stereocenters. The van der Waals surface area contributed by atoms with Gasteiger partial charge in [0.2, 0.25) is 0 Å². The third kappa shape index (κ3) is 4.94. The number of aryl methyl sites for hydroxylation is 2. The highest BCUT2D eigenvalue weighted by molar-refractivity contribution is 7.20. The Morgan fingerprint density at radius 2 is 1.92 bits per heavy atom. The second kappa shape index (κ2) is 6.67. The van der Waals surface area contributed by atoms with Crippen molar-refractivity contribution in [3.8, 4) is 0 Å². The lowest BCUT2D eigenvalue weighted by molar-refractivity contribution is 0.0469. The topological polar surface area (TPSA) is 85.3 Å². The van der Waals surface area contributed by atoms with Gasteiger partial charge in [0.1, 0.15) is 10.4 Å². The summed E-state index contributed by atoms with van der Waals surface area (Å²) in [6.07, 6.45) is -0.504. The maximum atomic E-state index is 12.4. The van der Waals surface area contributed by atoms with Crippen LogP contribution in [-0.4, -0.2) is 39.5 Å². The summed E-state index contributed by atoms with van der Waals surface area (Å²) in [4.78, 5) is 25.9. The van der Waals surface area contributed by atoms with Crippen LogP contribution in [0.5, 0.6) is 0 Å². The number of nitrogens with zero attached hydrogens (tertiary/aromatic N) is 2. The second-order valence-electron chi connectivity index (χ2n) is 7.73. The summed E-state index contributed by atoms with van der Waals surface area (Å²) < 4.78 is 7.03. The van der Waals surface area contributed by atoms with Gasteiger partial charge in [0, 0.05) is 19.0 Å². The Morgan fingerprint density at radius 1 is 1.28 bits per heavy atom. The summed E-state index contributed by atoms with van der Waals surface area (Å²) in [7, 11) is 1.86. The van der Waals surface area contributed by atoms with Crippen LogP contribution in [0, 0.1) is 6.92 Å². The van der Waals surface area contributed by atoms with Gasteiger partial charge in [-0.2, -0.15) is 5.10 Å². The maximum Gasteiger partial charge on any atom is 0.408 e. The Kier molecular flexibility index (Phi) is 5.13. The van der Waals surface area contributed by atoms with E-state index in [2.05, 4.69) is 15.7 Å². The molecule has 0 unspecified atom stereocenters. The zero-order chi connectivity index (χ0) is 19.0. The van der Waals surface area contributed by atoms with Gasteiger partial charge in [-0.3, -0.25) is 9.48 Å². The number of aromatic nitrogens is 2. The molecule has 2 rings (SSSR count). The van der Waals surface area contributed by atoms with E-state index >= 15 is 0 Å². The molecule has 0 aliphatic carbocycles. The molecule has 0 bridgehead atoms. The van der Waals surface area contributed by atoms with E-state index in [4.69, 9.17) is 4.74 Å². The molecule has 2 aromatic heterocycles. The molecule has 0 fully saturated rings. The van der Waals surface area contributed by atoms with Gasteiger partial charge in [-0.05, 0) is 47.6 Å². The van der Waals surface area contributed by atoms with Crippen LogP contribution in [0.3, 0.4) is 0 Å². The van der Waals surface area contributed by atoms with Gasteiger partial charge in [0.15, 0.2) is 0 Å². The maximum absolute atomic E-state index is 12.4. The fourth-order valence-electron chi connectivity index (χ4n) is 2.33. The van der Waals surface area contributed by atoms with Gasteiger partial charge in [-0.1, -0.05) is 0 Å². The van der Waals surface area contributed by atoms with E-state index in [9.17, 15) is 9.59 Å².